The van der Waals surface area contributed by atoms with Crippen LogP contribution in [-0.2, 0) is 14.3 Å². The van der Waals surface area contributed by atoms with Gasteiger partial charge in [0, 0.05) is 11.8 Å². The van der Waals surface area contributed by atoms with E-state index in [1.807, 2.05) is 6.07 Å². The third-order valence-electron chi connectivity index (χ3n) is 4.63. The Labute approximate surface area is 185 Å². The fourth-order valence-corrected chi connectivity index (χ4v) is 3.06. The van der Waals surface area contributed by atoms with Crippen LogP contribution in [0.5, 0.6) is 11.5 Å². The zero-order chi connectivity index (χ0) is 23.8. The molecule has 32 heavy (non-hydrogen) atoms. The van der Waals surface area contributed by atoms with Crippen LogP contribution in [0, 0.1) is 25.2 Å². The van der Waals surface area contributed by atoms with Gasteiger partial charge in [-0.15, -0.1) is 0 Å². The largest absolute Gasteiger partial charge is 0.493 e. The number of hydrogen-bond acceptors (Lipinski definition) is 8. The molecule has 1 aromatic heterocycles. The third kappa shape index (κ3) is 5.55. The van der Waals surface area contributed by atoms with Gasteiger partial charge in [0.05, 0.1) is 25.5 Å². The molecular formula is C23H24N2O7. The Balaban J connectivity index is 2.08. The van der Waals surface area contributed by atoms with E-state index in [0.29, 0.717) is 28.3 Å². The highest BCUT2D eigenvalue weighted by Gasteiger charge is 2.27. The fourth-order valence-electron chi connectivity index (χ4n) is 3.06. The summed E-state index contributed by atoms with van der Waals surface area (Å²) in [6.07, 6.45) is 1.60. The second kappa shape index (κ2) is 10.8. The van der Waals surface area contributed by atoms with Gasteiger partial charge in [0.2, 0.25) is 5.78 Å². The molecule has 1 heterocycles. The number of carbonyl (C=O) groups excluding carboxylic acids is 3. The summed E-state index contributed by atoms with van der Waals surface area (Å²) in [5, 5.41) is 8.62. The molecule has 0 aliphatic heterocycles. The zero-order valence-corrected chi connectivity index (χ0v) is 18.5. The van der Waals surface area contributed by atoms with Crippen LogP contribution in [0.25, 0.3) is 6.08 Å². The molecule has 1 atom stereocenters. The van der Waals surface area contributed by atoms with Crippen molar-refractivity contribution in [3.63, 3.8) is 0 Å². The monoisotopic (exact) mass is 440 g/mol. The van der Waals surface area contributed by atoms with Crippen molar-refractivity contribution in [2.45, 2.75) is 26.9 Å². The molecule has 0 radical (unpaired) electrons. The van der Waals surface area contributed by atoms with E-state index in [0.717, 1.165) is 0 Å². The van der Waals surface area contributed by atoms with Gasteiger partial charge in [-0.05, 0) is 50.1 Å². The maximum absolute atomic E-state index is 12.7. The number of hydrogen-bond donors (Lipinski definition) is 1. The van der Waals surface area contributed by atoms with Crippen LogP contribution in [0.4, 0.5) is 0 Å². The van der Waals surface area contributed by atoms with E-state index >= 15 is 0 Å². The second-order valence-electron chi connectivity index (χ2n) is 6.75. The van der Waals surface area contributed by atoms with Crippen LogP contribution < -0.4 is 9.47 Å². The van der Waals surface area contributed by atoms with Gasteiger partial charge in [0.15, 0.2) is 24.2 Å². The van der Waals surface area contributed by atoms with Crippen molar-refractivity contribution in [2.24, 2.45) is 0 Å². The molecule has 1 N–H and O–H groups in total. The van der Waals surface area contributed by atoms with Crippen LogP contribution in [-0.4, -0.2) is 49.6 Å². The molecule has 0 bridgehead atoms. The second-order valence-corrected chi connectivity index (χ2v) is 6.75. The quantitative estimate of drug-likeness (QED) is 0.358. The minimum atomic E-state index is -1.08. The van der Waals surface area contributed by atoms with Gasteiger partial charge in [-0.25, -0.2) is 9.59 Å². The summed E-state index contributed by atoms with van der Waals surface area (Å²) in [5.74, 6) is -0.941. The SMILES string of the molecule is COC(=O)c1c(C)[nH]c(C(=O)C(C)OC(=O)/C=C/c2ccc(OCC#N)c(OC)c2)c1C. The number of aromatic amines is 1. The number of esters is 2. The average Bonchev–Trinajstić information content (AvgIpc) is 3.08. The number of ether oxygens (including phenoxy) is 4. The number of ketones is 1. The van der Waals surface area contributed by atoms with E-state index in [-0.39, 0.29) is 17.9 Å². The highest BCUT2D eigenvalue weighted by Crippen LogP contribution is 2.28. The lowest BCUT2D eigenvalue weighted by molar-refractivity contribution is -0.140. The summed E-state index contributed by atoms with van der Waals surface area (Å²) in [6, 6.07) is 6.79. The topological polar surface area (TPSA) is 128 Å². The minimum absolute atomic E-state index is 0.120. The summed E-state index contributed by atoms with van der Waals surface area (Å²) in [7, 11) is 2.72. The van der Waals surface area contributed by atoms with Gasteiger partial charge in [-0.1, -0.05) is 6.07 Å². The van der Waals surface area contributed by atoms with E-state index in [1.54, 1.807) is 32.0 Å². The fraction of sp³-hybridized carbons (Fsp3) is 0.304. The number of nitrogens with zero attached hydrogens (tertiary/aromatic N) is 1. The van der Waals surface area contributed by atoms with E-state index in [4.69, 9.17) is 24.2 Å². The number of methoxy groups -OCH3 is 2. The summed E-state index contributed by atoms with van der Waals surface area (Å²) < 4.78 is 20.4. The molecular weight excluding hydrogens is 416 g/mol. The molecule has 2 aromatic rings. The van der Waals surface area contributed by atoms with Crippen LogP contribution >= 0.6 is 0 Å². The molecule has 0 fully saturated rings. The van der Waals surface area contributed by atoms with E-state index in [1.165, 1.54) is 33.3 Å². The predicted octanol–water partition coefficient (Wildman–Crippen LogP) is 3.16. The summed E-state index contributed by atoms with van der Waals surface area (Å²) in [6.45, 7) is 4.60. The van der Waals surface area contributed by atoms with Crippen molar-refractivity contribution in [2.75, 3.05) is 20.8 Å². The van der Waals surface area contributed by atoms with Crippen molar-refractivity contribution in [3.05, 3.63) is 52.4 Å². The Kier molecular flexibility index (Phi) is 8.18. The highest BCUT2D eigenvalue weighted by molar-refractivity contribution is 6.04. The number of aryl methyl sites for hydroxylation is 1. The van der Waals surface area contributed by atoms with Gasteiger partial charge in [-0.3, -0.25) is 4.79 Å². The van der Waals surface area contributed by atoms with Crippen molar-refractivity contribution >= 4 is 23.8 Å². The van der Waals surface area contributed by atoms with E-state index in [2.05, 4.69) is 4.98 Å². The van der Waals surface area contributed by atoms with Crippen LogP contribution in [0.3, 0.4) is 0 Å². The molecule has 1 aromatic carbocycles. The first kappa shape index (κ1) is 24.2. The lowest BCUT2D eigenvalue weighted by Gasteiger charge is -2.11. The minimum Gasteiger partial charge on any atom is -0.493 e. The molecule has 9 heteroatoms. The zero-order valence-electron chi connectivity index (χ0n) is 18.5. The molecule has 0 saturated carbocycles. The first-order valence-corrected chi connectivity index (χ1v) is 9.61. The van der Waals surface area contributed by atoms with Gasteiger partial charge in [-0.2, -0.15) is 5.26 Å². The number of aromatic nitrogens is 1. The Morgan fingerprint density at radius 3 is 2.53 bits per heavy atom. The van der Waals surface area contributed by atoms with E-state index < -0.39 is 23.8 Å². The lowest BCUT2D eigenvalue weighted by atomic mass is 10.1. The smallest absolute Gasteiger partial charge is 0.339 e. The first-order valence-electron chi connectivity index (χ1n) is 9.61. The number of nitriles is 1. The van der Waals surface area contributed by atoms with E-state index in [9.17, 15) is 14.4 Å². The standard InChI is InChI=1S/C23H24N2O7/c1-13-20(23(28)30-5)14(2)25-21(13)22(27)15(3)32-19(26)9-7-16-6-8-17(31-11-10-24)18(12-16)29-4/h6-9,12,15,25H,11H2,1-5H3/b9-7+. The highest BCUT2D eigenvalue weighted by atomic mass is 16.5. The predicted molar refractivity (Wildman–Crippen MR) is 115 cm³/mol. The van der Waals surface area contributed by atoms with Crippen LogP contribution in [0.15, 0.2) is 24.3 Å². The van der Waals surface area contributed by atoms with Crippen molar-refractivity contribution in [1.29, 1.82) is 5.26 Å². The molecule has 168 valence electrons. The van der Waals surface area contributed by atoms with Crippen molar-refractivity contribution < 1.29 is 33.3 Å². The van der Waals surface area contributed by atoms with Crippen molar-refractivity contribution in [1.82, 2.24) is 4.98 Å². The summed E-state index contributed by atoms with van der Waals surface area (Å²) in [5.41, 5.74) is 2.02. The normalized spacial score (nSPS) is 11.5. The molecule has 0 saturated heterocycles. The molecule has 2 rings (SSSR count). The molecule has 1 unspecified atom stereocenters. The van der Waals surface area contributed by atoms with Gasteiger partial charge < -0.3 is 23.9 Å². The van der Waals surface area contributed by atoms with Crippen LogP contribution in [0.2, 0.25) is 0 Å². The number of carbonyl (C=O) groups is 3. The summed E-state index contributed by atoms with van der Waals surface area (Å²) in [4.78, 5) is 39.7. The summed E-state index contributed by atoms with van der Waals surface area (Å²) >= 11 is 0. The third-order valence-corrected chi connectivity index (χ3v) is 4.63. The molecule has 0 aliphatic rings. The molecule has 0 amide bonds. The number of H-pyrrole nitrogens is 1. The van der Waals surface area contributed by atoms with Gasteiger partial charge >= 0.3 is 11.9 Å². The molecule has 0 aliphatic carbocycles. The van der Waals surface area contributed by atoms with Crippen molar-refractivity contribution in [3.8, 4) is 17.6 Å². The first-order chi connectivity index (χ1) is 15.2. The maximum atomic E-state index is 12.7. The Bertz CT molecular complexity index is 1090. The maximum Gasteiger partial charge on any atom is 0.339 e. The number of benzene rings is 1. The number of nitrogens with one attached hydrogen (secondary N) is 1. The lowest BCUT2D eigenvalue weighted by Crippen LogP contribution is -2.24. The molecule has 0 spiro atoms. The Hall–Kier alpha value is -4.06. The molecule has 9 nitrogen and oxygen atoms in total. The van der Waals surface area contributed by atoms with Gasteiger partial charge in [0.1, 0.15) is 6.07 Å². The average molecular weight is 440 g/mol. The van der Waals surface area contributed by atoms with Crippen LogP contribution in [0.1, 0.15) is 44.6 Å². The number of Topliss-reactive ketones (excluding diaryl/α,β-unsaturated/α-hetero) is 1. The Morgan fingerprint density at radius 2 is 1.91 bits per heavy atom. The Morgan fingerprint density at radius 1 is 1.19 bits per heavy atom. The number of rotatable bonds is 9. The van der Waals surface area contributed by atoms with Gasteiger partial charge in [0.25, 0.3) is 0 Å².